The predicted octanol–water partition coefficient (Wildman–Crippen LogP) is 5.50. The number of rotatable bonds is 70. The molecular weight excluding hydrogens is 1140 g/mol. The Morgan fingerprint density at radius 3 is 0.632 bits per heavy atom. The molecule has 0 spiro atoms. The van der Waals surface area contributed by atoms with Gasteiger partial charge in [0.2, 0.25) is 0 Å². The minimum Gasteiger partial charge on any atom is -0.379 e. The predicted molar refractivity (Wildman–Crippen MR) is 321 cm³/mol. The monoisotopic (exact) mass is 1260 g/mol. The Balaban J connectivity index is 1.15. The molecule has 0 bridgehead atoms. The van der Waals surface area contributed by atoms with Gasteiger partial charge in [-0.2, -0.15) is 0 Å². The van der Waals surface area contributed by atoms with Crippen molar-refractivity contribution >= 4 is 0 Å². The molecule has 3 heterocycles. The summed E-state index contributed by atoms with van der Waals surface area (Å²) in [5.41, 5.74) is -0.639. The highest BCUT2D eigenvalue weighted by Gasteiger charge is 2.33. The molecule has 87 heavy (non-hydrogen) atoms. The molecule has 0 amide bonds. The lowest BCUT2D eigenvalue weighted by Gasteiger charge is -2.33. The van der Waals surface area contributed by atoms with E-state index in [2.05, 4.69) is 0 Å². The summed E-state index contributed by atoms with van der Waals surface area (Å²) in [6.45, 7) is 24.7. The average Bonchev–Trinajstić information content (AvgIpc) is 3.75. The highest BCUT2D eigenvalue weighted by molar-refractivity contribution is 4.80. The number of ether oxygens (including phenoxy) is 25. The van der Waals surface area contributed by atoms with Crippen LogP contribution in [0.15, 0.2) is 0 Å². The second-order valence-corrected chi connectivity index (χ2v) is 20.9. The zero-order chi connectivity index (χ0) is 61.2. The van der Waals surface area contributed by atoms with Gasteiger partial charge in [0.1, 0.15) is 0 Å². The van der Waals surface area contributed by atoms with Crippen LogP contribution >= 0.6 is 0 Å². The molecular formula is C62H120O25. The van der Waals surface area contributed by atoms with Crippen LogP contribution in [0.4, 0.5) is 0 Å². The van der Waals surface area contributed by atoms with Crippen LogP contribution in [0.1, 0.15) is 90.4 Å². The summed E-state index contributed by atoms with van der Waals surface area (Å²) in [5, 5.41) is 0. The maximum absolute atomic E-state index is 6.24. The van der Waals surface area contributed by atoms with E-state index in [-0.39, 0.29) is 18.9 Å². The van der Waals surface area contributed by atoms with Gasteiger partial charge in [0.15, 0.2) is 18.9 Å². The van der Waals surface area contributed by atoms with Crippen LogP contribution in [-0.2, 0) is 118 Å². The van der Waals surface area contributed by atoms with Crippen molar-refractivity contribution in [2.24, 2.45) is 5.41 Å². The fraction of sp³-hybridized carbons (Fsp3) is 1.00. The Labute approximate surface area is 522 Å². The Hall–Kier alpha value is -1.00. The zero-order valence-corrected chi connectivity index (χ0v) is 53.7. The standard InChI is InChI=1S/C62H120O25/c1-2-63-27-28-64-16-9-19-67-31-36-72-38-33-69-22-12-23-70-34-39-73-37-32-68-20-10-17-65-29-30-66-18-11-21-71-35-40-74-41-45-78-55-62(56-79-46-42-75-49-52-85-59-13-3-6-24-82-59,57-80-47-43-76-50-53-86-60-14-4-7-25-83-60)58-81-48-44-77-51-54-87-61-15-5-8-26-84-61/h59-61H,2-58H2,1H3. The van der Waals surface area contributed by atoms with Gasteiger partial charge >= 0.3 is 0 Å². The molecule has 0 aromatic carbocycles. The van der Waals surface area contributed by atoms with Gasteiger partial charge in [0.25, 0.3) is 0 Å². The molecule has 0 aromatic rings. The highest BCUT2D eigenvalue weighted by Crippen LogP contribution is 2.22. The van der Waals surface area contributed by atoms with E-state index in [1.54, 1.807) is 0 Å². The van der Waals surface area contributed by atoms with Gasteiger partial charge in [0.05, 0.1) is 217 Å². The molecule has 0 radical (unpaired) electrons. The molecule has 3 atom stereocenters. The van der Waals surface area contributed by atoms with Gasteiger partial charge in [0, 0.05) is 79.3 Å². The second kappa shape index (κ2) is 65.1. The van der Waals surface area contributed by atoms with Crippen molar-refractivity contribution in [3.63, 3.8) is 0 Å². The van der Waals surface area contributed by atoms with Crippen LogP contribution in [0.2, 0.25) is 0 Å². The smallest absolute Gasteiger partial charge is 0.157 e. The summed E-state index contributed by atoms with van der Waals surface area (Å²) in [6, 6.07) is 0. The maximum atomic E-state index is 6.24. The Kier molecular flexibility index (Phi) is 60.0. The van der Waals surface area contributed by atoms with Crippen LogP contribution in [0.5, 0.6) is 0 Å². The van der Waals surface area contributed by atoms with E-state index in [9.17, 15) is 0 Å². The lowest BCUT2D eigenvalue weighted by molar-refractivity contribution is -0.171. The van der Waals surface area contributed by atoms with Crippen molar-refractivity contribution in [3.05, 3.63) is 0 Å². The summed E-state index contributed by atoms with van der Waals surface area (Å²) in [4.78, 5) is 0. The third-order valence-electron chi connectivity index (χ3n) is 13.2. The van der Waals surface area contributed by atoms with E-state index in [1.807, 2.05) is 6.92 Å². The minimum atomic E-state index is -0.639. The molecule has 518 valence electrons. The third kappa shape index (κ3) is 54.1. The minimum absolute atomic E-state index is 0.144. The van der Waals surface area contributed by atoms with Crippen LogP contribution in [0.25, 0.3) is 0 Å². The lowest BCUT2D eigenvalue weighted by Crippen LogP contribution is -2.43. The summed E-state index contributed by atoms with van der Waals surface area (Å²) in [6.07, 6.45) is 12.2. The summed E-state index contributed by atoms with van der Waals surface area (Å²) in [5.74, 6) is 0. The fourth-order valence-corrected chi connectivity index (χ4v) is 8.57. The molecule has 3 fully saturated rings. The Morgan fingerprint density at radius 1 is 0.230 bits per heavy atom. The summed E-state index contributed by atoms with van der Waals surface area (Å²) < 4.78 is 144. The molecule has 3 aliphatic rings. The van der Waals surface area contributed by atoms with Crippen molar-refractivity contribution in [1.82, 2.24) is 0 Å². The van der Waals surface area contributed by atoms with Gasteiger partial charge in [-0.25, -0.2) is 0 Å². The van der Waals surface area contributed by atoms with Crippen molar-refractivity contribution in [3.8, 4) is 0 Å². The van der Waals surface area contributed by atoms with Gasteiger partial charge in [-0.15, -0.1) is 0 Å². The number of hydrogen-bond acceptors (Lipinski definition) is 25. The zero-order valence-electron chi connectivity index (χ0n) is 53.7. The van der Waals surface area contributed by atoms with E-state index in [4.69, 9.17) is 118 Å². The quantitative estimate of drug-likeness (QED) is 0.0685. The van der Waals surface area contributed by atoms with E-state index in [0.717, 1.165) is 110 Å². The lowest BCUT2D eigenvalue weighted by atomic mass is 9.92. The summed E-state index contributed by atoms with van der Waals surface area (Å²) >= 11 is 0. The Morgan fingerprint density at radius 2 is 0.425 bits per heavy atom. The van der Waals surface area contributed by atoms with E-state index < -0.39 is 5.41 Å². The van der Waals surface area contributed by atoms with Crippen LogP contribution in [0.3, 0.4) is 0 Å². The normalized spacial score (nSPS) is 18.2. The van der Waals surface area contributed by atoms with Crippen molar-refractivity contribution in [2.75, 3.05) is 291 Å². The third-order valence-corrected chi connectivity index (χ3v) is 13.2. The molecule has 0 aliphatic carbocycles. The average molecular weight is 1270 g/mol. The van der Waals surface area contributed by atoms with Gasteiger partial charge in [-0.1, -0.05) is 0 Å². The molecule has 0 N–H and O–H groups in total. The first-order valence-electron chi connectivity index (χ1n) is 33.0. The van der Waals surface area contributed by atoms with Crippen molar-refractivity contribution < 1.29 is 118 Å². The first-order chi connectivity index (χ1) is 43.3. The molecule has 3 saturated heterocycles. The molecule has 3 aliphatic heterocycles. The van der Waals surface area contributed by atoms with Gasteiger partial charge < -0.3 is 118 Å². The van der Waals surface area contributed by atoms with Gasteiger partial charge in [-0.3, -0.25) is 0 Å². The van der Waals surface area contributed by atoms with Crippen molar-refractivity contribution in [1.29, 1.82) is 0 Å². The van der Waals surface area contributed by atoms with Gasteiger partial charge in [-0.05, 0) is 90.4 Å². The highest BCUT2D eigenvalue weighted by atomic mass is 16.7. The van der Waals surface area contributed by atoms with E-state index in [0.29, 0.717) is 264 Å². The fourth-order valence-electron chi connectivity index (χ4n) is 8.57. The molecule has 3 rings (SSSR count). The van der Waals surface area contributed by atoms with Crippen LogP contribution in [0, 0.1) is 5.41 Å². The van der Waals surface area contributed by atoms with E-state index >= 15 is 0 Å². The topological polar surface area (TPSA) is 231 Å². The molecule has 0 saturated carbocycles. The van der Waals surface area contributed by atoms with E-state index in [1.165, 1.54) is 0 Å². The number of hydrogen-bond donors (Lipinski definition) is 0. The molecule has 25 heteroatoms. The van der Waals surface area contributed by atoms with Crippen LogP contribution in [-0.4, -0.2) is 310 Å². The Bertz CT molecular complexity index is 1250. The summed E-state index contributed by atoms with van der Waals surface area (Å²) in [7, 11) is 0. The maximum Gasteiger partial charge on any atom is 0.157 e. The van der Waals surface area contributed by atoms with Crippen molar-refractivity contribution in [2.45, 2.75) is 109 Å². The largest absolute Gasteiger partial charge is 0.379 e. The first-order valence-corrected chi connectivity index (χ1v) is 33.0. The molecule has 25 nitrogen and oxygen atoms in total. The first kappa shape index (κ1) is 80.2. The van der Waals surface area contributed by atoms with Crippen LogP contribution < -0.4 is 0 Å². The molecule has 3 unspecified atom stereocenters. The second-order valence-electron chi connectivity index (χ2n) is 20.9. The SMILES string of the molecule is CCOCCOCCCOCCOCCOCCCOCCOCCOCCCOCCOCCCOCCOCCOCC(COCCOCCOC1CCCCO1)(COCCOCCOC1CCCCO1)COCCOCCOC1CCCCO1. The molecule has 0 aromatic heterocycles.